The number of nitrogens with zero attached hydrogens (tertiary/aromatic N) is 4. The summed E-state index contributed by atoms with van der Waals surface area (Å²) in [7, 11) is 3.33. The molecule has 0 aliphatic carbocycles. The molecule has 1 aromatic heterocycles. The molecule has 2 N–H and O–H groups in total. The zero-order valence-corrected chi connectivity index (χ0v) is 15.3. The van der Waals surface area contributed by atoms with Gasteiger partial charge in [0.1, 0.15) is 0 Å². The third-order valence-electron chi connectivity index (χ3n) is 2.52. The molecular weight excluding hydrogens is 280 g/mol. The smallest absolute Gasteiger partial charge is 0.256 e. The van der Waals surface area contributed by atoms with Gasteiger partial charge in [-0.1, -0.05) is 41.5 Å². The van der Waals surface area contributed by atoms with Gasteiger partial charge in [0.05, 0.1) is 7.11 Å². The Bertz CT molecular complexity index is 381. The molecule has 128 valence electrons. The molecule has 7 nitrogen and oxygen atoms in total. The van der Waals surface area contributed by atoms with Gasteiger partial charge in [-0.3, -0.25) is 4.84 Å². The fourth-order valence-electron chi connectivity index (χ4n) is 1.34. The summed E-state index contributed by atoms with van der Waals surface area (Å²) >= 11 is 0. The monoisotopic (exact) mass is 312 g/mol. The standard InChI is InChI=1S/C13H26N6O.C2H6/c1-9(2)7-14-11-16-12(15-8-10(3)4)18-13(17-11)19(5)20-6;1-2/h9-10H,7-8H2,1-6H3,(H2,14,15,16,17,18);1-2H3. The van der Waals surface area contributed by atoms with Crippen LogP contribution in [0, 0.1) is 11.8 Å². The minimum atomic E-state index is 0.472. The van der Waals surface area contributed by atoms with Crippen LogP contribution in [0.15, 0.2) is 0 Å². The second-order valence-electron chi connectivity index (χ2n) is 5.51. The molecule has 22 heavy (non-hydrogen) atoms. The highest BCUT2D eigenvalue weighted by molar-refractivity contribution is 5.42. The van der Waals surface area contributed by atoms with E-state index in [0.29, 0.717) is 29.7 Å². The Kier molecular flexibility index (Phi) is 10.2. The van der Waals surface area contributed by atoms with E-state index in [9.17, 15) is 0 Å². The summed E-state index contributed by atoms with van der Waals surface area (Å²) in [6.07, 6.45) is 0. The molecule has 0 unspecified atom stereocenters. The van der Waals surface area contributed by atoms with Crippen molar-refractivity contribution in [2.75, 3.05) is 42.9 Å². The maximum atomic E-state index is 5.12. The molecule has 1 rings (SSSR count). The van der Waals surface area contributed by atoms with E-state index < -0.39 is 0 Å². The predicted molar refractivity (Wildman–Crippen MR) is 93.2 cm³/mol. The van der Waals surface area contributed by atoms with Crippen LogP contribution in [0.25, 0.3) is 0 Å². The summed E-state index contributed by atoms with van der Waals surface area (Å²) in [5, 5.41) is 7.92. The van der Waals surface area contributed by atoms with E-state index in [0.717, 1.165) is 13.1 Å². The molecule has 0 saturated heterocycles. The Morgan fingerprint density at radius 2 is 1.32 bits per heavy atom. The molecule has 1 heterocycles. The van der Waals surface area contributed by atoms with Crippen molar-refractivity contribution in [3.8, 4) is 0 Å². The van der Waals surface area contributed by atoms with Crippen LogP contribution in [0.2, 0.25) is 0 Å². The van der Waals surface area contributed by atoms with Gasteiger partial charge in [-0.2, -0.15) is 15.0 Å². The first-order valence-corrected chi connectivity index (χ1v) is 7.94. The Hall–Kier alpha value is -1.63. The maximum Gasteiger partial charge on any atom is 0.256 e. The van der Waals surface area contributed by atoms with Gasteiger partial charge in [0, 0.05) is 20.1 Å². The van der Waals surface area contributed by atoms with Crippen LogP contribution in [0.4, 0.5) is 17.8 Å². The normalized spacial score (nSPS) is 10.3. The quantitative estimate of drug-likeness (QED) is 0.715. The number of anilines is 3. The van der Waals surface area contributed by atoms with Gasteiger partial charge in [-0.25, -0.2) is 5.06 Å². The van der Waals surface area contributed by atoms with Gasteiger partial charge in [-0.05, 0) is 11.8 Å². The summed E-state index contributed by atoms with van der Waals surface area (Å²) in [6.45, 7) is 14.2. The third kappa shape index (κ3) is 7.97. The predicted octanol–water partition coefficient (Wildman–Crippen LogP) is 3.03. The van der Waals surface area contributed by atoms with E-state index in [1.165, 1.54) is 5.06 Å². The van der Waals surface area contributed by atoms with Crippen LogP contribution in [-0.2, 0) is 4.84 Å². The number of hydrogen-bond donors (Lipinski definition) is 2. The van der Waals surface area contributed by atoms with Crippen molar-refractivity contribution in [3.63, 3.8) is 0 Å². The van der Waals surface area contributed by atoms with E-state index in [2.05, 4.69) is 53.3 Å². The SMILES string of the molecule is CC.CON(C)c1nc(NCC(C)C)nc(NCC(C)C)n1. The lowest BCUT2D eigenvalue weighted by Gasteiger charge is -2.16. The zero-order valence-electron chi connectivity index (χ0n) is 15.3. The first kappa shape index (κ1) is 20.4. The molecule has 0 bridgehead atoms. The van der Waals surface area contributed by atoms with Crippen molar-refractivity contribution in [3.05, 3.63) is 0 Å². The average molecular weight is 312 g/mol. The lowest BCUT2D eigenvalue weighted by molar-refractivity contribution is 0.180. The summed E-state index contributed by atoms with van der Waals surface area (Å²) < 4.78 is 0. The highest BCUT2D eigenvalue weighted by Crippen LogP contribution is 2.13. The van der Waals surface area contributed by atoms with Crippen molar-refractivity contribution < 1.29 is 4.84 Å². The van der Waals surface area contributed by atoms with Crippen LogP contribution < -0.4 is 15.7 Å². The molecule has 7 heteroatoms. The minimum Gasteiger partial charge on any atom is -0.354 e. The molecule has 0 aromatic carbocycles. The van der Waals surface area contributed by atoms with Gasteiger partial charge in [0.15, 0.2) is 0 Å². The van der Waals surface area contributed by atoms with Gasteiger partial charge in [-0.15, -0.1) is 0 Å². The number of nitrogens with one attached hydrogen (secondary N) is 2. The fraction of sp³-hybridized carbons (Fsp3) is 0.800. The lowest BCUT2D eigenvalue weighted by Crippen LogP contribution is -2.21. The Labute approximate surface area is 134 Å². The van der Waals surface area contributed by atoms with E-state index in [-0.39, 0.29) is 0 Å². The van der Waals surface area contributed by atoms with E-state index in [1.807, 2.05) is 13.8 Å². The number of hydroxylamine groups is 1. The highest BCUT2D eigenvalue weighted by Gasteiger charge is 2.10. The number of hydrogen-bond acceptors (Lipinski definition) is 7. The Morgan fingerprint density at radius 3 is 1.64 bits per heavy atom. The molecule has 0 amide bonds. The topological polar surface area (TPSA) is 75.2 Å². The third-order valence-corrected chi connectivity index (χ3v) is 2.52. The van der Waals surface area contributed by atoms with Crippen LogP contribution in [0.1, 0.15) is 41.5 Å². The van der Waals surface area contributed by atoms with Crippen molar-refractivity contribution in [2.45, 2.75) is 41.5 Å². The lowest BCUT2D eigenvalue weighted by atomic mass is 10.2. The molecular formula is C15H32N6O. The molecule has 0 spiro atoms. The molecule has 1 aromatic rings. The van der Waals surface area contributed by atoms with E-state index >= 15 is 0 Å². The number of aromatic nitrogens is 3. The second-order valence-corrected chi connectivity index (χ2v) is 5.51. The van der Waals surface area contributed by atoms with Crippen LogP contribution in [0.3, 0.4) is 0 Å². The number of rotatable bonds is 8. The zero-order chi connectivity index (χ0) is 17.1. The van der Waals surface area contributed by atoms with Gasteiger partial charge < -0.3 is 10.6 Å². The van der Waals surface area contributed by atoms with Gasteiger partial charge >= 0.3 is 0 Å². The van der Waals surface area contributed by atoms with Crippen LogP contribution >= 0.6 is 0 Å². The van der Waals surface area contributed by atoms with Crippen molar-refractivity contribution in [2.24, 2.45) is 11.8 Å². The first-order valence-electron chi connectivity index (χ1n) is 7.94. The van der Waals surface area contributed by atoms with E-state index in [4.69, 9.17) is 4.84 Å². The van der Waals surface area contributed by atoms with Crippen LogP contribution in [0.5, 0.6) is 0 Å². The van der Waals surface area contributed by atoms with Gasteiger partial charge in [0.25, 0.3) is 5.95 Å². The molecule has 0 radical (unpaired) electrons. The van der Waals surface area contributed by atoms with Crippen molar-refractivity contribution in [1.29, 1.82) is 0 Å². The summed E-state index contributed by atoms with van der Waals surface area (Å²) in [5.74, 6) is 2.61. The summed E-state index contributed by atoms with van der Waals surface area (Å²) in [6, 6.07) is 0. The molecule has 0 aliphatic heterocycles. The average Bonchev–Trinajstić information content (AvgIpc) is 2.51. The summed E-state index contributed by atoms with van der Waals surface area (Å²) in [5.41, 5.74) is 0. The van der Waals surface area contributed by atoms with Crippen LogP contribution in [-0.4, -0.2) is 42.2 Å². The van der Waals surface area contributed by atoms with E-state index in [1.54, 1.807) is 14.2 Å². The van der Waals surface area contributed by atoms with Gasteiger partial charge in [0.2, 0.25) is 11.9 Å². The second kappa shape index (κ2) is 11.0. The molecule has 0 saturated carbocycles. The highest BCUT2D eigenvalue weighted by atomic mass is 16.7. The fourth-order valence-corrected chi connectivity index (χ4v) is 1.34. The molecule has 0 fully saturated rings. The molecule has 0 aliphatic rings. The minimum absolute atomic E-state index is 0.472. The first-order chi connectivity index (χ1) is 10.4. The van der Waals surface area contributed by atoms with Crippen molar-refractivity contribution in [1.82, 2.24) is 15.0 Å². The Balaban J connectivity index is 0.00000211. The summed E-state index contributed by atoms with van der Waals surface area (Å²) in [4.78, 5) is 18.2. The molecule has 0 atom stereocenters. The van der Waals surface area contributed by atoms with Crippen molar-refractivity contribution >= 4 is 17.8 Å². The largest absolute Gasteiger partial charge is 0.354 e. The Morgan fingerprint density at radius 1 is 0.909 bits per heavy atom. The maximum absolute atomic E-state index is 5.12.